The van der Waals surface area contributed by atoms with Gasteiger partial charge in [-0.1, -0.05) is 48.6 Å². The average Bonchev–Trinajstić information content (AvgIpc) is 2.71. The second-order valence-electron chi connectivity index (χ2n) is 5.16. The first-order valence-electron chi connectivity index (χ1n) is 7.33. The smallest absolute Gasteiger partial charge is 0.326 e. The molecule has 23 heavy (non-hydrogen) atoms. The molecule has 0 atom stereocenters. The van der Waals surface area contributed by atoms with Crippen molar-refractivity contribution in [2.75, 3.05) is 11.4 Å². The molecule has 5 nitrogen and oxygen atoms in total. The van der Waals surface area contributed by atoms with Crippen molar-refractivity contribution in [3.05, 3.63) is 59.7 Å². The van der Waals surface area contributed by atoms with E-state index in [1.807, 2.05) is 60.7 Å². The SMILES string of the molecule is O=C(O)CCNC(=O)N1c2ccccc2C=Cc2ccccc21. The van der Waals surface area contributed by atoms with E-state index in [4.69, 9.17) is 5.11 Å². The maximum atomic E-state index is 12.7. The zero-order valence-electron chi connectivity index (χ0n) is 12.4. The van der Waals surface area contributed by atoms with Crippen LogP contribution in [0.1, 0.15) is 17.5 Å². The van der Waals surface area contributed by atoms with E-state index in [-0.39, 0.29) is 19.0 Å². The Morgan fingerprint density at radius 1 is 0.913 bits per heavy atom. The highest BCUT2D eigenvalue weighted by atomic mass is 16.4. The predicted octanol–water partition coefficient (Wildman–Crippen LogP) is 3.49. The molecule has 0 aliphatic carbocycles. The number of hydrogen-bond acceptors (Lipinski definition) is 2. The zero-order chi connectivity index (χ0) is 16.2. The van der Waals surface area contributed by atoms with Gasteiger partial charge in [-0.25, -0.2) is 4.79 Å². The van der Waals surface area contributed by atoms with Crippen molar-refractivity contribution in [2.24, 2.45) is 0 Å². The molecule has 0 saturated carbocycles. The first-order chi connectivity index (χ1) is 11.2. The summed E-state index contributed by atoms with van der Waals surface area (Å²) in [6.07, 6.45) is 3.83. The molecule has 0 aromatic heterocycles. The lowest BCUT2D eigenvalue weighted by molar-refractivity contribution is -0.136. The van der Waals surface area contributed by atoms with Gasteiger partial charge in [-0.05, 0) is 23.3 Å². The maximum Gasteiger partial charge on any atom is 0.326 e. The summed E-state index contributed by atoms with van der Waals surface area (Å²) in [5.74, 6) is -0.941. The number of amides is 2. The van der Waals surface area contributed by atoms with Gasteiger partial charge in [0.05, 0.1) is 17.8 Å². The molecular weight excluding hydrogens is 292 g/mol. The Hall–Kier alpha value is -3.08. The van der Waals surface area contributed by atoms with Crippen LogP contribution < -0.4 is 10.2 Å². The molecule has 3 rings (SSSR count). The fourth-order valence-electron chi connectivity index (χ4n) is 2.55. The molecule has 0 unspecified atom stereocenters. The highest BCUT2D eigenvalue weighted by Gasteiger charge is 2.23. The molecule has 1 heterocycles. The van der Waals surface area contributed by atoms with Crippen molar-refractivity contribution >= 4 is 35.5 Å². The molecule has 2 aromatic rings. The number of para-hydroxylation sites is 2. The fraction of sp³-hybridized carbons (Fsp3) is 0.111. The van der Waals surface area contributed by atoms with Gasteiger partial charge in [0.15, 0.2) is 0 Å². The summed E-state index contributed by atoms with van der Waals surface area (Å²) in [5, 5.41) is 11.4. The summed E-state index contributed by atoms with van der Waals surface area (Å²) in [7, 11) is 0. The number of rotatable bonds is 3. The molecule has 1 aliphatic rings. The van der Waals surface area contributed by atoms with Crippen molar-refractivity contribution in [2.45, 2.75) is 6.42 Å². The third-order valence-corrected chi connectivity index (χ3v) is 3.62. The Kier molecular flexibility index (Phi) is 4.10. The molecule has 0 radical (unpaired) electrons. The number of carboxylic acids is 1. The van der Waals surface area contributed by atoms with E-state index in [0.717, 1.165) is 22.5 Å². The quantitative estimate of drug-likeness (QED) is 0.912. The van der Waals surface area contributed by atoms with Crippen LogP contribution in [0.2, 0.25) is 0 Å². The summed E-state index contributed by atoms with van der Waals surface area (Å²) in [4.78, 5) is 24.9. The van der Waals surface area contributed by atoms with Gasteiger partial charge < -0.3 is 10.4 Å². The fourth-order valence-corrected chi connectivity index (χ4v) is 2.55. The van der Waals surface area contributed by atoms with Gasteiger partial charge in [-0.2, -0.15) is 0 Å². The van der Waals surface area contributed by atoms with Gasteiger partial charge in [0.2, 0.25) is 0 Å². The number of nitrogens with one attached hydrogen (secondary N) is 1. The number of hydrogen-bond donors (Lipinski definition) is 2. The lowest BCUT2D eigenvalue weighted by Crippen LogP contribution is -2.38. The van der Waals surface area contributed by atoms with Crippen LogP contribution in [-0.2, 0) is 4.79 Å². The van der Waals surface area contributed by atoms with Gasteiger partial charge in [-0.3, -0.25) is 9.69 Å². The van der Waals surface area contributed by atoms with Crippen LogP contribution in [0.3, 0.4) is 0 Å². The lowest BCUT2D eigenvalue weighted by atomic mass is 10.1. The summed E-state index contributed by atoms with van der Waals surface area (Å²) < 4.78 is 0. The van der Waals surface area contributed by atoms with Gasteiger partial charge >= 0.3 is 12.0 Å². The van der Waals surface area contributed by atoms with Crippen LogP contribution in [0.4, 0.5) is 16.2 Å². The normalized spacial score (nSPS) is 12.1. The number of nitrogens with zero attached hydrogens (tertiary/aromatic N) is 1. The predicted molar refractivity (Wildman–Crippen MR) is 89.6 cm³/mol. The van der Waals surface area contributed by atoms with Gasteiger partial charge in [0, 0.05) is 6.54 Å². The molecule has 1 aliphatic heterocycles. The number of carbonyl (C=O) groups is 2. The van der Waals surface area contributed by atoms with Crippen LogP contribution in [0.25, 0.3) is 12.2 Å². The minimum absolute atomic E-state index is 0.0857. The Labute approximate surface area is 133 Å². The molecule has 2 amide bonds. The molecule has 5 heteroatoms. The van der Waals surface area contributed by atoms with E-state index in [1.165, 1.54) is 0 Å². The van der Waals surface area contributed by atoms with Crippen LogP contribution in [0.15, 0.2) is 48.5 Å². The van der Waals surface area contributed by atoms with E-state index in [1.54, 1.807) is 4.90 Å². The minimum atomic E-state index is -0.941. The largest absolute Gasteiger partial charge is 0.481 e. The number of urea groups is 1. The molecule has 0 spiro atoms. The van der Waals surface area contributed by atoms with Crippen LogP contribution in [-0.4, -0.2) is 23.7 Å². The van der Waals surface area contributed by atoms with Crippen molar-refractivity contribution < 1.29 is 14.7 Å². The van der Waals surface area contributed by atoms with E-state index in [0.29, 0.717) is 0 Å². The summed E-state index contributed by atoms with van der Waals surface area (Å²) in [6, 6.07) is 14.9. The number of aliphatic carboxylic acids is 1. The van der Waals surface area contributed by atoms with Crippen LogP contribution in [0, 0.1) is 0 Å². The molecule has 0 fully saturated rings. The minimum Gasteiger partial charge on any atom is -0.481 e. The maximum absolute atomic E-state index is 12.7. The number of carbonyl (C=O) groups excluding carboxylic acids is 1. The van der Waals surface area contributed by atoms with Crippen molar-refractivity contribution in [1.82, 2.24) is 5.32 Å². The van der Waals surface area contributed by atoms with Crippen LogP contribution >= 0.6 is 0 Å². The van der Waals surface area contributed by atoms with Crippen molar-refractivity contribution in [1.29, 1.82) is 0 Å². The standard InChI is InChI=1S/C18H16N2O3/c21-17(22)11-12-19-18(23)20-15-7-3-1-5-13(15)9-10-14-6-2-4-8-16(14)20/h1-10H,11-12H2,(H,19,23)(H,21,22). The third-order valence-electron chi connectivity index (χ3n) is 3.62. The number of fused-ring (bicyclic) bond motifs is 2. The Morgan fingerprint density at radius 3 is 1.96 bits per heavy atom. The molecule has 2 aromatic carbocycles. The third kappa shape index (κ3) is 3.08. The molecule has 116 valence electrons. The van der Waals surface area contributed by atoms with Crippen LogP contribution in [0.5, 0.6) is 0 Å². The number of benzene rings is 2. The molecular formula is C18H16N2O3. The first kappa shape index (κ1) is 14.8. The monoisotopic (exact) mass is 308 g/mol. The average molecular weight is 308 g/mol. The van der Waals surface area contributed by atoms with Gasteiger partial charge in [0.1, 0.15) is 0 Å². The highest BCUT2D eigenvalue weighted by Crippen LogP contribution is 2.35. The molecule has 2 N–H and O–H groups in total. The van der Waals surface area contributed by atoms with E-state index in [9.17, 15) is 9.59 Å². The van der Waals surface area contributed by atoms with E-state index < -0.39 is 5.97 Å². The highest BCUT2D eigenvalue weighted by molar-refractivity contribution is 6.05. The number of anilines is 2. The zero-order valence-corrected chi connectivity index (χ0v) is 12.4. The second-order valence-corrected chi connectivity index (χ2v) is 5.16. The Bertz CT molecular complexity index is 734. The van der Waals surface area contributed by atoms with Crippen molar-refractivity contribution in [3.63, 3.8) is 0 Å². The van der Waals surface area contributed by atoms with Crippen molar-refractivity contribution in [3.8, 4) is 0 Å². The first-order valence-corrected chi connectivity index (χ1v) is 7.33. The Morgan fingerprint density at radius 2 is 1.43 bits per heavy atom. The number of carboxylic acid groups (broad SMARTS) is 1. The van der Waals surface area contributed by atoms with Gasteiger partial charge in [0.25, 0.3) is 0 Å². The summed E-state index contributed by atoms with van der Waals surface area (Å²) >= 11 is 0. The summed E-state index contributed by atoms with van der Waals surface area (Å²) in [6.45, 7) is 0.0857. The topological polar surface area (TPSA) is 69.6 Å². The lowest BCUT2D eigenvalue weighted by Gasteiger charge is -2.25. The van der Waals surface area contributed by atoms with E-state index >= 15 is 0 Å². The van der Waals surface area contributed by atoms with E-state index in [2.05, 4.69) is 5.32 Å². The molecule has 0 bridgehead atoms. The molecule has 0 saturated heterocycles. The Balaban J connectivity index is 1.99. The second kappa shape index (κ2) is 6.36. The summed E-state index contributed by atoms with van der Waals surface area (Å²) in [5.41, 5.74) is 3.39. The van der Waals surface area contributed by atoms with Gasteiger partial charge in [-0.15, -0.1) is 0 Å².